The molecule has 1 heterocycles. The summed E-state index contributed by atoms with van der Waals surface area (Å²) in [5, 5.41) is 0. The average molecular weight is 303 g/mol. The number of hydrogen-bond donors (Lipinski definition) is 0. The van der Waals surface area contributed by atoms with Crippen LogP contribution >= 0.6 is 0 Å². The first-order valence-corrected chi connectivity index (χ1v) is 8.68. The minimum Gasteiger partial charge on any atom is -0.493 e. The van der Waals surface area contributed by atoms with Crippen molar-refractivity contribution in [2.24, 2.45) is 5.92 Å². The van der Waals surface area contributed by atoms with Crippen LogP contribution in [0.4, 0.5) is 0 Å². The number of benzene rings is 1. The third-order valence-corrected chi connectivity index (χ3v) is 5.55. The van der Waals surface area contributed by atoms with Crippen LogP contribution in [0.5, 0.6) is 11.5 Å². The van der Waals surface area contributed by atoms with E-state index >= 15 is 0 Å². The number of rotatable bonds is 4. The second kappa shape index (κ2) is 6.91. The molecule has 0 spiro atoms. The van der Waals surface area contributed by atoms with Gasteiger partial charge in [0.2, 0.25) is 0 Å². The van der Waals surface area contributed by atoms with E-state index in [0.717, 1.165) is 30.4 Å². The lowest BCUT2D eigenvalue weighted by atomic mass is 9.80. The Morgan fingerprint density at radius 2 is 1.73 bits per heavy atom. The number of ether oxygens (including phenoxy) is 2. The van der Waals surface area contributed by atoms with Gasteiger partial charge in [-0.15, -0.1) is 0 Å². The Hall–Kier alpha value is -1.22. The van der Waals surface area contributed by atoms with E-state index in [4.69, 9.17) is 9.47 Å². The van der Waals surface area contributed by atoms with E-state index < -0.39 is 0 Å². The predicted molar refractivity (Wildman–Crippen MR) is 89.8 cm³/mol. The van der Waals surface area contributed by atoms with Gasteiger partial charge in [-0.2, -0.15) is 0 Å². The van der Waals surface area contributed by atoms with Gasteiger partial charge in [0.15, 0.2) is 11.5 Å². The lowest BCUT2D eigenvalue weighted by Crippen LogP contribution is -2.33. The summed E-state index contributed by atoms with van der Waals surface area (Å²) < 4.78 is 11.0. The number of hydrogen-bond acceptors (Lipinski definition) is 3. The summed E-state index contributed by atoms with van der Waals surface area (Å²) in [7, 11) is 5.72. The van der Waals surface area contributed by atoms with Gasteiger partial charge >= 0.3 is 0 Å². The van der Waals surface area contributed by atoms with Crippen molar-refractivity contribution >= 4 is 0 Å². The Kier molecular flexibility index (Phi) is 4.92. The van der Waals surface area contributed by atoms with Gasteiger partial charge in [0.05, 0.1) is 14.2 Å². The first-order chi connectivity index (χ1) is 10.7. The molecule has 3 heteroatoms. The molecule has 1 saturated carbocycles. The van der Waals surface area contributed by atoms with Gasteiger partial charge in [0, 0.05) is 12.6 Å². The molecule has 0 radical (unpaired) electrons. The molecule has 0 N–H and O–H groups in total. The second-order valence-corrected chi connectivity index (χ2v) is 6.89. The lowest BCUT2D eigenvalue weighted by molar-refractivity contribution is 0.177. The fourth-order valence-corrected chi connectivity index (χ4v) is 4.20. The zero-order valence-electron chi connectivity index (χ0n) is 14.2. The quantitative estimate of drug-likeness (QED) is 0.832. The zero-order valence-corrected chi connectivity index (χ0v) is 14.2. The van der Waals surface area contributed by atoms with Crippen molar-refractivity contribution in [3.63, 3.8) is 0 Å². The molecule has 1 atom stereocenters. The van der Waals surface area contributed by atoms with Gasteiger partial charge < -0.3 is 9.47 Å². The zero-order chi connectivity index (χ0) is 15.5. The summed E-state index contributed by atoms with van der Waals surface area (Å²) in [6.07, 6.45) is 9.48. The van der Waals surface area contributed by atoms with E-state index in [1.54, 1.807) is 14.2 Å². The van der Waals surface area contributed by atoms with Crippen LogP contribution in [0.15, 0.2) is 12.1 Å². The van der Waals surface area contributed by atoms with Crippen LogP contribution in [-0.4, -0.2) is 32.7 Å². The molecule has 1 fully saturated rings. The molecule has 1 unspecified atom stereocenters. The van der Waals surface area contributed by atoms with Gasteiger partial charge in [-0.3, -0.25) is 4.90 Å². The molecule has 1 aliphatic carbocycles. The van der Waals surface area contributed by atoms with Crippen molar-refractivity contribution in [3.05, 3.63) is 23.3 Å². The maximum atomic E-state index is 5.53. The summed E-state index contributed by atoms with van der Waals surface area (Å²) in [4.78, 5) is 2.53. The predicted octanol–water partition coefficient (Wildman–Crippen LogP) is 4.20. The lowest BCUT2D eigenvalue weighted by Gasteiger charge is -2.38. The monoisotopic (exact) mass is 303 g/mol. The number of methoxy groups -OCH3 is 2. The molecule has 22 heavy (non-hydrogen) atoms. The highest BCUT2D eigenvalue weighted by atomic mass is 16.5. The molecule has 3 nitrogen and oxygen atoms in total. The first kappa shape index (κ1) is 15.7. The van der Waals surface area contributed by atoms with Crippen LogP contribution in [-0.2, 0) is 6.42 Å². The van der Waals surface area contributed by atoms with E-state index in [9.17, 15) is 0 Å². The van der Waals surface area contributed by atoms with Gasteiger partial charge in [-0.1, -0.05) is 32.1 Å². The second-order valence-electron chi connectivity index (χ2n) is 6.89. The maximum absolute atomic E-state index is 5.53. The molecule has 0 amide bonds. The van der Waals surface area contributed by atoms with Crippen molar-refractivity contribution in [1.82, 2.24) is 4.90 Å². The fourth-order valence-electron chi connectivity index (χ4n) is 4.20. The van der Waals surface area contributed by atoms with Crippen LogP contribution in [0.1, 0.15) is 55.7 Å². The molecular weight excluding hydrogens is 274 g/mol. The molecule has 3 rings (SSSR count). The first-order valence-electron chi connectivity index (χ1n) is 8.68. The SMILES string of the molecule is COc1cc2c(cc1OC)C(CC1CCCCC1)N(C)CC2. The van der Waals surface area contributed by atoms with Crippen LogP contribution in [0, 0.1) is 5.92 Å². The number of nitrogens with zero attached hydrogens (tertiary/aromatic N) is 1. The molecule has 1 aromatic rings. The average Bonchev–Trinajstić information content (AvgIpc) is 2.57. The topological polar surface area (TPSA) is 21.7 Å². The Balaban J connectivity index is 1.88. The van der Waals surface area contributed by atoms with Crippen molar-refractivity contribution in [1.29, 1.82) is 0 Å². The van der Waals surface area contributed by atoms with E-state index in [1.807, 2.05) is 0 Å². The number of fused-ring (bicyclic) bond motifs is 1. The van der Waals surface area contributed by atoms with E-state index in [1.165, 1.54) is 49.7 Å². The maximum Gasteiger partial charge on any atom is 0.161 e. The smallest absolute Gasteiger partial charge is 0.161 e. The summed E-state index contributed by atoms with van der Waals surface area (Å²) in [6.45, 7) is 1.14. The largest absolute Gasteiger partial charge is 0.493 e. The summed E-state index contributed by atoms with van der Waals surface area (Å²) >= 11 is 0. The normalized spacial score (nSPS) is 23.1. The number of likely N-dealkylation sites (N-methyl/N-ethyl adjacent to an activating group) is 1. The highest BCUT2D eigenvalue weighted by molar-refractivity contribution is 5.49. The van der Waals surface area contributed by atoms with E-state index in [0.29, 0.717) is 6.04 Å². The van der Waals surface area contributed by atoms with Crippen LogP contribution in [0.3, 0.4) is 0 Å². The van der Waals surface area contributed by atoms with Crippen molar-refractivity contribution < 1.29 is 9.47 Å². The molecule has 2 aliphatic rings. The molecule has 1 aliphatic heterocycles. The minimum atomic E-state index is 0.534. The van der Waals surface area contributed by atoms with E-state index in [2.05, 4.69) is 24.1 Å². The van der Waals surface area contributed by atoms with Crippen LogP contribution < -0.4 is 9.47 Å². The highest BCUT2D eigenvalue weighted by Crippen LogP contribution is 2.41. The summed E-state index contributed by atoms with van der Waals surface area (Å²) in [5.41, 5.74) is 2.90. The van der Waals surface area contributed by atoms with Crippen LogP contribution in [0.25, 0.3) is 0 Å². The van der Waals surface area contributed by atoms with Crippen LogP contribution in [0.2, 0.25) is 0 Å². The van der Waals surface area contributed by atoms with Gasteiger partial charge in [0.1, 0.15) is 0 Å². The minimum absolute atomic E-state index is 0.534. The molecule has 1 aromatic carbocycles. The Bertz CT molecular complexity index is 508. The molecule has 0 bridgehead atoms. The van der Waals surface area contributed by atoms with Crippen molar-refractivity contribution in [3.8, 4) is 11.5 Å². The third kappa shape index (κ3) is 3.10. The molecular formula is C19H29NO2. The van der Waals surface area contributed by atoms with Crippen molar-refractivity contribution in [2.45, 2.75) is 51.0 Å². The Labute approximate surface area is 134 Å². The fraction of sp³-hybridized carbons (Fsp3) is 0.684. The summed E-state index contributed by atoms with van der Waals surface area (Å²) in [5.74, 6) is 2.62. The highest BCUT2D eigenvalue weighted by Gasteiger charge is 2.29. The third-order valence-electron chi connectivity index (χ3n) is 5.55. The standard InChI is InChI=1S/C19H29NO2/c1-20-10-9-15-12-18(21-2)19(22-3)13-16(15)17(20)11-14-7-5-4-6-8-14/h12-14,17H,4-11H2,1-3H3. The Morgan fingerprint density at radius 3 is 2.41 bits per heavy atom. The van der Waals surface area contributed by atoms with E-state index in [-0.39, 0.29) is 0 Å². The molecule has 122 valence electrons. The van der Waals surface area contributed by atoms with Gasteiger partial charge in [-0.25, -0.2) is 0 Å². The van der Waals surface area contributed by atoms with Gasteiger partial charge in [-0.05, 0) is 49.1 Å². The van der Waals surface area contributed by atoms with Gasteiger partial charge in [0.25, 0.3) is 0 Å². The summed E-state index contributed by atoms with van der Waals surface area (Å²) in [6, 6.07) is 4.94. The molecule has 0 aromatic heterocycles. The van der Waals surface area contributed by atoms with Crippen molar-refractivity contribution in [2.75, 3.05) is 27.8 Å². The molecule has 0 saturated heterocycles. The Morgan fingerprint density at radius 1 is 1.05 bits per heavy atom.